The van der Waals surface area contributed by atoms with Gasteiger partial charge in [0.2, 0.25) is 0 Å². The first-order valence-corrected chi connectivity index (χ1v) is 7.79. The maximum Gasteiger partial charge on any atom is 0.332 e. The average molecular weight is 364 g/mol. The van der Waals surface area contributed by atoms with E-state index in [1.54, 1.807) is 11.8 Å². The monoisotopic (exact) mass is 363 g/mol. The van der Waals surface area contributed by atoms with E-state index in [0.29, 0.717) is 5.71 Å². The van der Waals surface area contributed by atoms with Crippen molar-refractivity contribution in [3.05, 3.63) is 58.6 Å². The molecule has 0 unspecified atom stereocenters. The van der Waals surface area contributed by atoms with E-state index in [0.717, 1.165) is 14.9 Å². The second kappa shape index (κ2) is 7.28. The molecular weight excluding hydrogens is 350 g/mol. The van der Waals surface area contributed by atoms with Crippen LogP contribution in [0.5, 0.6) is 0 Å². The van der Waals surface area contributed by atoms with E-state index in [9.17, 15) is 4.79 Å². The Morgan fingerprint density at radius 1 is 1.10 bits per heavy atom. The number of hydrogen-bond donors (Lipinski definition) is 2. The Bertz CT molecular complexity index is 654. The Balaban J connectivity index is 2.06. The highest BCUT2D eigenvalue weighted by atomic mass is 79.9. The van der Waals surface area contributed by atoms with Crippen molar-refractivity contribution in [1.29, 1.82) is 0 Å². The van der Waals surface area contributed by atoms with Gasteiger partial charge in [-0.25, -0.2) is 10.2 Å². The normalized spacial score (nSPS) is 11.2. The zero-order chi connectivity index (χ0) is 15.2. The molecule has 6 heteroatoms. The van der Waals surface area contributed by atoms with E-state index >= 15 is 0 Å². The Labute approximate surface area is 135 Å². The average Bonchev–Trinajstić information content (AvgIpc) is 2.48. The summed E-state index contributed by atoms with van der Waals surface area (Å²) in [5, 5.41) is 3.90. The van der Waals surface area contributed by atoms with Gasteiger partial charge in [-0.1, -0.05) is 39.8 Å². The molecule has 0 aliphatic carbocycles. The number of nitrogens with zero attached hydrogens (tertiary/aromatic N) is 1. The summed E-state index contributed by atoms with van der Waals surface area (Å²) in [6, 6.07) is 15.4. The number of carbonyl (C=O) groups excluding carboxylic acids is 1. The van der Waals surface area contributed by atoms with Gasteiger partial charge in [0, 0.05) is 14.3 Å². The molecular formula is C15H14BrN3OS. The van der Waals surface area contributed by atoms with Gasteiger partial charge < -0.3 is 5.73 Å². The van der Waals surface area contributed by atoms with Crippen LogP contribution in [0.15, 0.2) is 67.9 Å². The number of hydrogen-bond acceptors (Lipinski definition) is 3. The number of hydrazone groups is 1. The Hall–Kier alpha value is -1.79. The number of amides is 2. The van der Waals surface area contributed by atoms with Crippen LogP contribution in [0.3, 0.4) is 0 Å². The van der Waals surface area contributed by atoms with Gasteiger partial charge in [-0.15, -0.1) is 0 Å². The molecule has 0 aliphatic heterocycles. The number of primary amides is 1. The van der Waals surface area contributed by atoms with Gasteiger partial charge in [-0.05, 0) is 48.9 Å². The van der Waals surface area contributed by atoms with Crippen LogP contribution in [0.4, 0.5) is 4.79 Å². The summed E-state index contributed by atoms with van der Waals surface area (Å²) in [5.74, 6) is 0. The summed E-state index contributed by atoms with van der Waals surface area (Å²) in [6.07, 6.45) is 0. The smallest absolute Gasteiger partial charge is 0.332 e. The number of benzene rings is 2. The lowest BCUT2D eigenvalue weighted by Gasteiger charge is -2.04. The van der Waals surface area contributed by atoms with Crippen molar-refractivity contribution in [2.45, 2.75) is 16.7 Å². The molecule has 2 aromatic carbocycles. The van der Waals surface area contributed by atoms with Crippen LogP contribution in [0.1, 0.15) is 12.5 Å². The van der Waals surface area contributed by atoms with Gasteiger partial charge in [-0.3, -0.25) is 0 Å². The zero-order valence-electron chi connectivity index (χ0n) is 11.3. The van der Waals surface area contributed by atoms with Crippen molar-refractivity contribution < 1.29 is 4.79 Å². The fourth-order valence-electron chi connectivity index (χ4n) is 1.61. The van der Waals surface area contributed by atoms with E-state index in [1.165, 1.54) is 4.90 Å². The molecule has 21 heavy (non-hydrogen) atoms. The summed E-state index contributed by atoms with van der Waals surface area (Å²) in [5.41, 5.74) is 8.83. The molecule has 4 nitrogen and oxygen atoms in total. The minimum Gasteiger partial charge on any atom is -0.350 e. The first-order valence-electron chi connectivity index (χ1n) is 6.18. The maximum absolute atomic E-state index is 10.6. The first-order chi connectivity index (χ1) is 10.0. The van der Waals surface area contributed by atoms with Crippen molar-refractivity contribution in [2.24, 2.45) is 10.8 Å². The van der Waals surface area contributed by atoms with Crippen LogP contribution in [0.25, 0.3) is 0 Å². The van der Waals surface area contributed by atoms with Gasteiger partial charge in [0.1, 0.15) is 0 Å². The van der Waals surface area contributed by atoms with Crippen LogP contribution < -0.4 is 11.2 Å². The van der Waals surface area contributed by atoms with Gasteiger partial charge in [0.15, 0.2) is 0 Å². The lowest BCUT2D eigenvalue weighted by Crippen LogP contribution is -2.25. The van der Waals surface area contributed by atoms with Crippen molar-refractivity contribution >= 4 is 39.4 Å². The SMILES string of the molecule is C/C(=N/NC(N)=O)c1ccc(Sc2ccc(Br)cc2)cc1. The Morgan fingerprint density at radius 2 is 1.62 bits per heavy atom. The third-order valence-electron chi connectivity index (χ3n) is 2.66. The standard InChI is InChI=1S/C15H14BrN3OS/c1-10(18-19-15(17)20)11-2-6-13(7-3-11)21-14-8-4-12(16)5-9-14/h2-9H,1H3,(H3,17,19,20)/b18-10-. The molecule has 0 atom stereocenters. The molecule has 0 aliphatic rings. The van der Waals surface area contributed by atoms with Gasteiger partial charge in [0.05, 0.1) is 5.71 Å². The predicted octanol–water partition coefficient (Wildman–Crippen LogP) is 3.99. The molecule has 0 spiro atoms. The topological polar surface area (TPSA) is 67.5 Å². The largest absolute Gasteiger partial charge is 0.350 e. The summed E-state index contributed by atoms with van der Waals surface area (Å²) in [6.45, 7) is 1.81. The number of rotatable bonds is 4. The molecule has 2 amide bonds. The van der Waals surface area contributed by atoms with Crippen molar-refractivity contribution in [1.82, 2.24) is 5.43 Å². The van der Waals surface area contributed by atoms with Crippen molar-refractivity contribution in [2.75, 3.05) is 0 Å². The predicted molar refractivity (Wildman–Crippen MR) is 89.6 cm³/mol. The van der Waals surface area contributed by atoms with E-state index in [-0.39, 0.29) is 0 Å². The number of nitrogens with one attached hydrogen (secondary N) is 1. The lowest BCUT2D eigenvalue weighted by atomic mass is 10.1. The third kappa shape index (κ3) is 4.91. The van der Waals surface area contributed by atoms with E-state index < -0.39 is 6.03 Å². The number of nitrogens with two attached hydrogens (primary N) is 1. The molecule has 0 heterocycles. The molecule has 0 saturated carbocycles. The molecule has 0 fully saturated rings. The highest BCUT2D eigenvalue weighted by Crippen LogP contribution is 2.28. The van der Waals surface area contributed by atoms with Crippen molar-refractivity contribution in [3.63, 3.8) is 0 Å². The summed E-state index contributed by atoms with van der Waals surface area (Å²) >= 11 is 5.10. The molecule has 3 N–H and O–H groups in total. The molecule has 0 saturated heterocycles. The summed E-state index contributed by atoms with van der Waals surface area (Å²) in [7, 11) is 0. The van der Waals surface area contributed by atoms with Crippen molar-refractivity contribution in [3.8, 4) is 0 Å². The summed E-state index contributed by atoms with van der Waals surface area (Å²) in [4.78, 5) is 12.9. The van der Waals surface area contributed by atoms with E-state index in [4.69, 9.17) is 5.73 Å². The van der Waals surface area contributed by atoms with Gasteiger partial charge in [0.25, 0.3) is 0 Å². The molecule has 108 valence electrons. The molecule has 2 aromatic rings. The minimum atomic E-state index is -0.670. The number of urea groups is 1. The molecule has 0 bridgehead atoms. The van der Waals surface area contributed by atoms with Crippen LogP contribution in [-0.4, -0.2) is 11.7 Å². The number of carbonyl (C=O) groups is 1. The van der Waals surface area contributed by atoms with E-state index in [1.807, 2.05) is 43.3 Å². The first kappa shape index (κ1) is 15.6. The second-order valence-corrected chi connectivity index (χ2v) is 6.32. The molecule has 0 radical (unpaired) electrons. The van der Waals surface area contributed by atoms with Gasteiger partial charge >= 0.3 is 6.03 Å². The van der Waals surface area contributed by atoms with Gasteiger partial charge in [-0.2, -0.15) is 5.10 Å². The highest BCUT2D eigenvalue weighted by molar-refractivity contribution is 9.10. The molecule has 2 rings (SSSR count). The van der Waals surface area contributed by atoms with E-state index in [2.05, 4.69) is 38.6 Å². The number of halogens is 1. The third-order valence-corrected chi connectivity index (χ3v) is 4.20. The quantitative estimate of drug-likeness (QED) is 0.636. The lowest BCUT2D eigenvalue weighted by molar-refractivity contribution is 0.249. The zero-order valence-corrected chi connectivity index (χ0v) is 13.7. The fourth-order valence-corrected chi connectivity index (χ4v) is 2.69. The Kier molecular flexibility index (Phi) is 5.41. The maximum atomic E-state index is 10.6. The highest BCUT2D eigenvalue weighted by Gasteiger charge is 2.01. The second-order valence-electron chi connectivity index (χ2n) is 4.25. The van der Waals surface area contributed by atoms with Crippen LogP contribution in [-0.2, 0) is 0 Å². The minimum absolute atomic E-state index is 0.670. The Morgan fingerprint density at radius 3 is 2.14 bits per heavy atom. The fraction of sp³-hybridized carbons (Fsp3) is 0.0667. The summed E-state index contributed by atoms with van der Waals surface area (Å²) < 4.78 is 1.07. The van der Waals surface area contributed by atoms with Crippen LogP contribution >= 0.6 is 27.7 Å². The van der Waals surface area contributed by atoms with Crippen LogP contribution in [0, 0.1) is 0 Å². The molecule has 0 aromatic heterocycles. The van der Waals surface area contributed by atoms with Crippen LogP contribution in [0.2, 0.25) is 0 Å².